The Morgan fingerprint density at radius 2 is 1.43 bits per heavy atom. The molecule has 0 saturated heterocycles. The van der Waals surface area contributed by atoms with Gasteiger partial charge in [-0.1, -0.05) is 0 Å². The van der Waals surface area contributed by atoms with Crippen LogP contribution in [0.5, 0.6) is 0 Å². The van der Waals surface area contributed by atoms with Gasteiger partial charge in [0, 0.05) is 0 Å². The van der Waals surface area contributed by atoms with Crippen LogP contribution in [0, 0.1) is 0 Å². The van der Waals surface area contributed by atoms with Gasteiger partial charge >= 0.3 is 11.9 Å². The molecule has 1 aromatic heterocycles. The first-order chi connectivity index (χ1) is 10.1. The molecule has 0 aliphatic heterocycles. The van der Waals surface area contributed by atoms with Crippen LogP contribution in [-0.2, 0) is 19.6 Å². The summed E-state index contributed by atoms with van der Waals surface area (Å²) in [6, 6.07) is 0.910. The van der Waals surface area contributed by atoms with Crippen molar-refractivity contribution in [3.63, 3.8) is 0 Å². The molecule has 0 spiro atoms. The van der Waals surface area contributed by atoms with E-state index in [-0.39, 0.29) is 9.75 Å². The molecule has 0 unspecified atom stereocenters. The number of rotatable bonds is 3. The summed E-state index contributed by atoms with van der Waals surface area (Å²) >= 11 is 0.596. The fraction of sp³-hybridized carbons (Fsp3) is 0.571. The van der Waals surface area contributed by atoms with Crippen molar-refractivity contribution in [1.82, 2.24) is 0 Å². The van der Waals surface area contributed by atoms with Crippen molar-refractivity contribution in [3.8, 4) is 0 Å². The summed E-state index contributed by atoms with van der Waals surface area (Å²) in [5, 5.41) is 0. The van der Waals surface area contributed by atoms with Crippen LogP contribution < -0.4 is 0 Å². The molecule has 1 heterocycles. The third-order valence-electron chi connectivity index (χ3n) is 2.16. The Morgan fingerprint density at radius 1 is 1.00 bits per heavy atom. The molecule has 0 bridgehead atoms. The maximum atomic E-state index is 12.1. The Balaban J connectivity index is 3.30. The highest BCUT2D eigenvalue weighted by Crippen LogP contribution is 2.30. The van der Waals surface area contributed by atoms with E-state index in [2.05, 4.69) is 0 Å². The second kappa shape index (κ2) is 6.21. The molecule has 0 saturated carbocycles. The SMILES string of the molecule is CC(C)(C)OC(=O)c1cc(S(=O)(=O)O)c(C(=O)OC(C)(C)C)s1. The van der Waals surface area contributed by atoms with Crippen LogP contribution in [0.25, 0.3) is 0 Å². The lowest BCUT2D eigenvalue weighted by atomic mass is 10.2. The van der Waals surface area contributed by atoms with E-state index in [1.54, 1.807) is 41.5 Å². The molecule has 1 aromatic rings. The monoisotopic (exact) mass is 364 g/mol. The normalized spacial score (nSPS) is 12.8. The number of carbonyl (C=O) groups excluding carboxylic acids is 2. The van der Waals surface area contributed by atoms with Crippen molar-refractivity contribution in [2.75, 3.05) is 0 Å². The maximum absolute atomic E-state index is 12.1. The largest absolute Gasteiger partial charge is 0.456 e. The van der Waals surface area contributed by atoms with Gasteiger partial charge in [-0.15, -0.1) is 11.3 Å². The quantitative estimate of drug-likeness (QED) is 0.649. The standard InChI is InChI=1S/C14H20O7S2/c1-13(2,3)20-11(15)8-7-9(23(17,18)19)10(22-8)12(16)21-14(4,5)6/h7H,1-6H3,(H,17,18,19). The molecule has 0 aliphatic rings. The van der Waals surface area contributed by atoms with Crippen LogP contribution >= 0.6 is 11.3 Å². The molecule has 1 N–H and O–H groups in total. The Kier molecular flexibility index (Phi) is 5.30. The van der Waals surface area contributed by atoms with E-state index in [9.17, 15) is 22.6 Å². The van der Waals surface area contributed by atoms with Crippen LogP contribution in [0.15, 0.2) is 11.0 Å². The summed E-state index contributed by atoms with van der Waals surface area (Å²) in [4.78, 5) is 23.0. The van der Waals surface area contributed by atoms with Gasteiger partial charge in [0.15, 0.2) is 0 Å². The summed E-state index contributed by atoms with van der Waals surface area (Å²) in [7, 11) is -4.69. The van der Waals surface area contributed by atoms with Crippen LogP contribution in [0.3, 0.4) is 0 Å². The highest BCUT2D eigenvalue weighted by molar-refractivity contribution is 7.86. The first-order valence-corrected chi connectivity index (χ1v) is 8.94. The predicted octanol–water partition coefficient (Wildman–Crippen LogP) is 2.91. The molecular formula is C14H20O7S2. The number of carbonyl (C=O) groups is 2. The third-order valence-corrected chi connectivity index (χ3v) is 4.26. The second-order valence-electron chi connectivity index (χ2n) is 6.78. The number of hydrogen-bond donors (Lipinski definition) is 1. The molecule has 0 amide bonds. The fourth-order valence-corrected chi connectivity index (χ4v) is 3.37. The minimum atomic E-state index is -4.69. The van der Waals surface area contributed by atoms with E-state index in [0.29, 0.717) is 11.3 Å². The van der Waals surface area contributed by atoms with E-state index in [1.165, 1.54) is 0 Å². The Morgan fingerprint density at radius 3 is 1.83 bits per heavy atom. The fourth-order valence-electron chi connectivity index (χ4n) is 1.46. The van der Waals surface area contributed by atoms with Gasteiger partial charge in [0.1, 0.15) is 25.9 Å². The van der Waals surface area contributed by atoms with Gasteiger partial charge in [-0.25, -0.2) is 9.59 Å². The Hall–Kier alpha value is -1.45. The zero-order chi connectivity index (χ0) is 18.2. The van der Waals surface area contributed by atoms with Crippen LogP contribution in [0.1, 0.15) is 60.9 Å². The van der Waals surface area contributed by atoms with Crippen molar-refractivity contribution >= 4 is 33.4 Å². The van der Waals surface area contributed by atoms with E-state index in [4.69, 9.17) is 9.47 Å². The van der Waals surface area contributed by atoms with Crippen LogP contribution in [0.2, 0.25) is 0 Å². The maximum Gasteiger partial charge on any atom is 0.350 e. The van der Waals surface area contributed by atoms with Crippen molar-refractivity contribution in [2.45, 2.75) is 57.6 Å². The minimum Gasteiger partial charge on any atom is -0.456 e. The Labute approximate surface area is 139 Å². The predicted molar refractivity (Wildman–Crippen MR) is 84.5 cm³/mol. The van der Waals surface area contributed by atoms with Gasteiger partial charge in [-0.3, -0.25) is 4.55 Å². The third kappa shape index (κ3) is 5.92. The van der Waals surface area contributed by atoms with Crippen molar-refractivity contribution in [1.29, 1.82) is 0 Å². The summed E-state index contributed by atoms with van der Waals surface area (Å²) in [5.74, 6) is -1.73. The van der Waals surface area contributed by atoms with Gasteiger partial charge < -0.3 is 9.47 Å². The average Bonchev–Trinajstić information content (AvgIpc) is 2.67. The van der Waals surface area contributed by atoms with Crippen molar-refractivity contribution in [3.05, 3.63) is 15.8 Å². The Bertz CT molecular complexity index is 715. The van der Waals surface area contributed by atoms with Crippen LogP contribution in [0.4, 0.5) is 0 Å². The van der Waals surface area contributed by atoms with Crippen LogP contribution in [-0.4, -0.2) is 36.1 Å². The molecule has 9 heteroatoms. The molecule has 7 nitrogen and oxygen atoms in total. The summed E-state index contributed by atoms with van der Waals surface area (Å²) < 4.78 is 42.4. The second-order valence-corrected chi connectivity index (χ2v) is 9.23. The lowest BCUT2D eigenvalue weighted by Gasteiger charge is -2.19. The number of ether oxygens (including phenoxy) is 2. The zero-order valence-electron chi connectivity index (χ0n) is 13.8. The average molecular weight is 364 g/mol. The number of hydrogen-bond acceptors (Lipinski definition) is 7. The molecule has 0 radical (unpaired) electrons. The van der Waals surface area contributed by atoms with Gasteiger partial charge in [0.25, 0.3) is 10.1 Å². The minimum absolute atomic E-state index is 0.117. The van der Waals surface area contributed by atoms with Gasteiger partial charge in [-0.05, 0) is 47.6 Å². The van der Waals surface area contributed by atoms with Crippen molar-refractivity contribution in [2.24, 2.45) is 0 Å². The molecule has 0 aromatic carbocycles. The zero-order valence-corrected chi connectivity index (χ0v) is 15.4. The highest BCUT2D eigenvalue weighted by atomic mass is 32.2. The molecule has 1 rings (SSSR count). The van der Waals surface area contributed by atoms with Gasteiger partial charge in [0.05, 0.1) is 0 Å². The van der Waals surface area contributed by atoms with Gasteiger partial charge in [-0.2, -0.15) is 8.42 Å². The van der Waals surface area contributed by atoms with Crippen molar-refractivity contribution < 1.29 is 32.0 Å². The smallest absolute Gasteiger partial charge is 0.350 e. The topological polar surface area (TPSA) is 107 Å². The highest BCUT2D eigenvalue weighted by Gasteiger charge is 2.31. The molecule has 0 atom stereocenters. The molecule has 0 fully saturated rings. The van der Waals surface area contributed by atoms with E-state index >= 15 is 0 Å². The lowest BCUT2D eigenvalue weighted by Crippen LogP contribution is -2.24. The lowest BCUT2D eigenvalue weighted by molar-refractivity contribution is 0.00616. The molecule has 130 valence electrons. The molecular weight excluding hydrogens is 344 g/mol. The number of thiophene rings is 1. The number of esters is 2. The molecule has 23 heavy (non-hydrogen) atoms. The summed E-state index contributed by atoms with van der Waals surface area (Å²) in [6.45, 7) is 9.78. The summed E-state index contributed by atoms with van der Waals surface area (Å²) in [5.41, 5.74) is -1.64. The van der Waals surface area contributed by atoms with Gasteiger partial charge in [0.2, 0.25) is 0 Å². The van der Waals surface area contributed by atoms with E-state index in [0.717, 1.165) is 6.07 Å². The molecule has 0 aliphatic carbocycles. The van der Waals surface area contributed by atoms with E-state index in [1.807, 2.05) is 0 Å². The first kappa shape index (κ1) is 19.6. The van der Waals surface area contributed by atoms with E-state index < -0.39 is 38.2 Å². The summed E-state index contributed by atoms with van der Waals surface area (Å²) in [6.07, 6.45) is 0. The first-order valence-electron chi connectivity index (χ1n) is 6.68.